The van der Waals surface area contributed by atoms with Crippen LogP contribution in [0.2, 0.25) is 0 Å². The van der Waals surface area contributed by atoms with Crippen molar-refractivity contribution in [2.75, 3.05) is 6.61 Å². The van der Waals surface area contributed by atoms with Crippen molar-refractivity contribution < 1.29 is 9.84 Å². The van der Waals surface area contributed by atoms with Crippen LogP contribution in [-0.4, -0.2) is 11.7 Å². The third-order valence-electron chi connectivity index (χ3n) is 6.94. The summed E-state index contributed by atoms with van der Waals surface area (Å²) < 4.78 is 5.57. The minimum atomic E-state index is 0.0129. The summed E-state index contributed by atoms with van der Waals surface area (Å²) in [4.78, 5) is 0. The predicted octanol–water partition coefficient (Wildman–Crippen LogP) is 7.86. The zero-order chi connectivity index (χ0) is 25.9. The first kappa shape index (κ1) is 26.3. The zero-order valence-electron chi connectivity index (χ0n) is 22.1. The lowest BCUT2D eigenvalue weighted by Crippen LogP contribution is -2.08. The summed E-state index contributed by atoms with van der Waals surface area (Å²) in [5.74, 6) is 0.0129. The van der Waals surface area contributed by atoms with Gasteiger partial charge in [0.15, 0.2) is 0 Å². The number of unbranched alkanes of at least 4 members (excludes halogenated alkanes) is 5. The summed E-state index contributed by atoms with van der Waals surface area (Å²) in [5.41, 5.74) is 4.94. The molecular weight excluding hydrogens is 452 g/mol. The fourth-order valence-electron chi connectivity index (χ4n) is 4.56. The Balaban J connectivity index is 1.46. The van der Waals surface area contributed by atoms with E-state index in [0.29, 0.717) is 6.61 Å². The first-order valence-corrected chi connectivity index (χ1v) is 13.5. The average Bonchev–Trinajstić information content (AvgIpc) is 2.97. The molecule has 0 aliphatic carbocycles. The van der Waals surface area contributed by atoms with Crippen molar-refractivity contribution in [1.82, 2.24) is 0 Å². The molecule has 0 bridgehead atoms. The molecule has 4 rings (SSSR count). The Hall–Kier alpha value is -3.78. The monoisotopic (exact) mass is 490 g/mol. The Morgan fingerprint density at radius 1 is 0.595 bits per heavy atom. The topological polar surface area (TPSA) is 29.5 Å². The van der Waals surface area contributed by atoms with Crippen LogP contribution in [0.1, 0.15) is 57.9 Å². The summed E-state index contributed by atoms with van der Waals surface area (Å²) in [5, 5.41) is 14.5. The molecule has 0 aliphatic heterocycles. The van der Waals surface area contributed by atoms with Crippen LogP contribution in [0.3, 0.4) is 0 Å². The molecule has 37 heavy (non-hydrogen) atoms. The minimum absolute atomic E-state index is 0.0129. The fourth-order valence-corrected chi connectivity index (χ4v) is 4.56. The molecular formula is C35H38O2. The van der Waals surface area contributed by atoms with Gasteiger partial charge in [0.1, 0.15) is 0 Å². The summed E-state index contributed by atoms with van der Waals surface area (Å²) >= 11 is 0. The van der Waals surface area contributed by atoms with E-state index >= 15 is 0 Å². The molecule has 0 fully saturated rings. The van der Waals surface area contributed by atoms with Crippen LogP contribution >= 0.6 is 0 Å². The highest BCUT2D eigenvalue weighted by atomic mass is 16.6. The Labute approximate surface area is 220 Å². The molecule has 2 heteroatoms. The molecule has 4 aromatic carbocycles. The average molecular weight is 491 g/mol. The summed E-state index contributed by atoms with van der Waals surface area (Å²) in [6.45, 7) is 4.96. The van der Waals surface area contributed by atoms with Gasteiger partial charge in [0.05, 0.1) is 11.8 Å². The summed E-state index contributed by atoms with van der Waals surface area (Å²) in [6.07, 6.45) is 7.21. The fraction of sp³-hybridized carbons (Fsp3) is 0.257. The lowest BCUT2D eigenvalue weighted by molar-refractivity contribution is 0.173. The normalized spacial score (nSPS) is 10.8. The van der Waals surface area contributed by atoms with Gasteiger partial charge in [0.2, 0.25) is 0 Å². The molecule has 0 atom stereocenters. The second-order valence-electron chi connectivity index (χ2n) is 9.64. The van der Waals surface area contributed by atoms with E-state index < -0.39 is 0 Å². The number of aliphatic hydroxyl groups excluding tert-OH is 1. The van der Waals surface area contributed by atoms with Gasteiger partial charge in [0.25, 0.3) is 5.95 Å². The maximum Gasteiger partial charge on any atom is 0.284 e. The summed E-state index contributed by atoms with van der Waals surface area (Å²) in [6, 6.07) is 35.8. The first-order chi connectivity index (χ1) is 18.2. The molecule has 4 aromatic rings. The van der Waals surface area contributed by atoms with Gasteiger partial charge < -0.3 is 9.84 Å². The molecule has 0 amide bonds. The number of benzene rings is 4. The molecule has 2 nitrogen and oxygen atoms in total. The van der Waals surface area contributed by atoms with Gasteiger partial charge in [-0.3, -0.25) is 0 Å². The van der Waals surface area contributed by atoms with E-state index in [1.807, 2.05) is 30.3 Å². The van der Waals surface area contributed by atoms with Gasteiger partial charge in [-0.05, 0) is 63.4 Å². The molecule has 190 valence electrons. The van der Waals surface area contributed by atoms with E-state index in [4.69, 9.17) is 4.74 Å². The number of ether oxygens (including phenoxy) is 1. The largest absolute Gasteiger partial charge is 0.481 e. The van der Waals surface area contributed by atoms with Crippen molar-refractivity contribution in [3.63, 3.8) is 0 Å². The second kappa shape index (κ2) is 13.5. The lowest BCUT2D eigenvalue weighted by atomic mass is 9.99. The standard InChI is InChI=1S/C35H38O2/c1-3-4-5-6-7-11-26-37-35(36)34-24-22-33(23-25-34)32-20-16-29(17-21-32)27(2)28-14-18-31(19-15-28)30-12-9-8-10-13-30/h8-10,12-25,36H,3-7,11,26H2,1-2H3. The van der Waals surface area contributed by atoms with Crippen molar-refractivity contribution in [3.8, 4) is 11.1 Å². The molecule has 0 unspecified atom stereocenters. The molecule has 0 saturated carbocycles. The van der Waals surface area contributed by atoms with Crippen LogP contribution in [0.5, 0.6) is 0 Å². The quantitative estimate of drug-likeness (QED) is 0.229. The van der Waals surface area contributed by atoms with Crippen molar-refractivity contribution >= 4 is 11.5 Å². The van der Waals surface area contributed by atoms with Crippen molar-refractivity contribution in [2.24, 2.45) is 0 Å². The highest BCUT2D eigenvalue weighted by Gasteiger charge is 2.01. The molecule has 0 radical (unpaired) electrons. The lowest BCUT2D eigenvalue weighted by Gasteiger charge is -2.05. The third kappa shape index (κ3) is 7.36. The molecule has 0 spiro atoms. The number of rotatable bonds is 10. The Morgan fingerprint density at radius 3 is 1.76 bits per heavy atom. The van der Waals surface area contributed by atoms with Gasteiger partial charge in [-0.1, -0.05) is 130 Å². The smallest absolute Gasteiger partial charge is 0.284 e. The Morgan fingerprint density at radius 2 is 1.14 bits per heavy atom. The van der Waals surface area contributed by atoms with Crippen molar-refractivity contribution in [3.05, 3.63) is 130 Å². The maximum atomic E-state index is 10.3. The van der Waals surface area contributed by atoms with E-state index in [2.05, 4.69) is 86.6 Å². The highest BCUT2D eigenvalue weighted by Crippen LogP contribution is 2.21. The minimum Gasteiger partial charge on any atom is -0.481 e. The number of aliphatic hydroxyl groups is 1. The Bertz CT molecular complexity index is 1440. The van der Waals surface area contributed by atoms with Crippen LogP contribution in [0, 0.1) is 10.4 Å². The van der Waals surface area contributed by atoms with Crippen LogP contribution in [0.15, 0.2) is 103 Å². The SMILES string of the molecule is CCCCCCCCOC(O)=c1ccc(=c2ccc(=C(C)c3ccc(-c4ccccc4)cc3)cc2)cc1. The highest BCUT2D eigenvalue weighted by molar-refractivity contribution is 5.69. The molecule has 0 saturated heterocycles. The van der Waals surface area contributed by atoms with Gasteiger partial charge in [-0.25, -0.2) is 0 Å². The van der Waals surface area contributed by atoms with E-state index in [-0.39, 0.29) is 5.95 Å². The first-order valence-electron chi connectivity index (χ1n) is 13.5. The number of hydrogen-bond acceptors (Lipinski definition) is 2. The van der Waals surface area contributed by atoms with Gasteiger partial charge in [-0.15, -0.1) is 0 Å². The van der Waals surface area contributed by atoms with Crippen LogP contribution < -0.4 is 10.4 Å². The van der Waals surface area contributed by atoms with Gasteiger partial charge >= 0.3 is 0 Å². The van der Waals surface area contributed by atoms with Gasteiger partial charge in [0, 0.05) is 0 Å². The third-order valence-corrected chi connectivity index (χ3v) is 6.94. The van der Waals surface area contributed by atoms with E-state index in [0.717, 1.165) is 28.5 Å². The van der Waals surface area contributed by atoms with Crippen molar-refractivity contribution in [2.45, 2.75) is 52.4 Å². The van der Waals surface area contributed by atoms with Crippen LogP contribution in [-0.2, 0) is 4.74 Å². The van der Waals surface area contributed by atoms with Crippen LogP contribution in [0.4, 0.5) is 0 Å². The van der Waals surface area contributed by atoms with E-state index in [1.54, 1.807) is 0 Å². The van der Waals surface area contributed by atoms with Crippen molar-refractivity contribution in [1.29, 1.82) is 0 Å². The summed E-state index contributed by atoms with van der Waals surface area (Å²) in [7, 11) is 0. The molecule has 0 aromatic heterocycles. The molecule has 0 heterocycles. The second-order valence-corrected chi connectivity index (χ2v) is 9.64. The van der Waals surface area contributed by atoms with Gasteiger partial charge in [-0.2, -0.15) is 0 Å². The zero-order valence-corrected chi connectivity index (χ0v) is 22.1. The van der Waals surface area contributed by atoms with E-state index in [1.165, 1.54) is 53.2 Å². The molecule has 1 N–H and O–H groups in total. The van der Waals surface area contributed by atoms with Crippen LogP contribution in [0.25, 0.3) is 22.6 Å². The Kier molecular flexibility index (Phi) is 9.60. The van der Waals surface area contributed by atoms with E-state index in [9.17, 15) is 5.11 Å². The maximum absolute atomic E-state index is 10.3. The molecule has 0 aliphatic rings. The predicted molar refractivity (Wildman–Crippen MR) is 155 cm³/mol. The number of hydrogen-bond donors (Lipinski definition) is 1.